The van der Waals surface area contributed by atoms with Gasteiger partial charge in [0.05, 0.1) is 0 Å². The molecule has 21 heavy (non-hydrogen) atoms. The van der Waals surface area contributed by atoms with Crippen LogP contribution in [0.5, 0.6) is 5.75 Å². The van der Waals surface area contributed by atoms with E-state index in [-0.39, 0.29) is 12.5 Å². The predicted molar refractivity (Wildman–Crippen MR) is 84.6 cm³/mol. The first-order valence-electron chi connectivity index (χ1n) is 7.16. The summed E-state index contributed by atoms with van der Waals surface area (Å²) < 4.78 is 5.44. The van der Waals surface area contributed by atoms with Crippen LogP contribution in [0.4, 0.5) is 0 Å². The number of carbonyl (C=O) groups is 1. The van der Waals surface area contributed by atoms with E-state index in [2.05, 4.69) is 24.4 Å². The van der Waals surface area contributed by atoms with Gasteiger partial charge in [0.25, 0.3) is 5.91 Å². The molecule has 110 valence electrons. The standard InChI is InChI=1S/C18H21NO2/c1-14-7-9-17(10-8-14)21-13-18(20)19-12-11-16-6-4-3-5-15(16)2/h3-10H,11-13H2,1-2H3,(H,19,20). The van der Waals surface area contributed by atoms with Crippen LogP contribution in [0.15, 0.2) is 48.5 Å². The zero-order valence-corrected chi connectivity index (χ0v) is 12.6. The number of hydrogen-bond acceptors (Lipinski definition) is 2. The summed E-state index contributed by atoms with van der Waals surface area (Å²) in [6, 6.07) is 15.9. The van der Waals surface area contributed by atoms with Crippen LogP contribution < -0.4 is 10.1 Å². The van der Waals surface area contributed by atoms with Gasteiger partial charge in [-0.1, -0.05) is 42.0 Å². The van der Waals surface area contributed by atoms with E-state index >= 15 is 0 Å². The number of amides is 1. The van der Waals surface area contributed by atoms with E-state index in [1.165, 1.54) is 16.7 Å². The van der Waals surface area contributed by atoms with Crippen molar-refractivity contribution in [1.29, 1.82) is 0 Å². The van der Waals surface area contributed by atoms with Crippen molar-refractivity contribution >= 4 is 5.91 Å². The highest BCUT2D eigenvalue weighted by atomic mass is 16.5. The molecule has 2 aromatic carbocycles. The number of hydrogen-bond donors (Lipinski definition) is 1. The molecule has 0 aliphatic heterocycles. The van der Waals surface area contributed by atoms with Gasteiger partial charge in [-0.05, 0) is 43.5 Å². The number of rotatable bonds is 6. The second-order valence-corrected chi connectivity index (χ2v) is 5.13. The van der Waals surface area contributed by atoms with E-state index in [0.29, 0.717) is 6.54 Å². The summed E-state index contributed by atoms with van der Waals surface area (Å²) in [6.07, 6.45) is 0.836. The van der Waals surface area contributed by atoms with Crippen molar-refractivity contribution in [3.63, 3.8) is 0 Å². The molecular formula is C18H21NO2. The quantitative estimate of drug-likeness (QED) is 0.885. The van der Waals surface area contributed by atoms with Gasteiger partial charge in [0.15, 0.2) is 6.61 Å². The Morgan fingerprint density at radius 3 is 2.48 bits per heavy atom. The Morgan fingerprint density at radius 2 is 1.76 bits per heavy atom. The molecule has 0 heterocycles. The summed E-state index contributed by atoms with van der Waals surface area (Å²) >= 11 is 0. The Balaban J connectivity index is 1.70. The molecule has 0 saturated heterocycles. The average molecular weight is 283 g/mol. The van der Waals surface area contributed by atoms with Gasteiger partial charge in [-0.25, -0.2) is 0 Å². The fourth-order valence-corrected chi connectivity index (χ4v) is 2.06. The second kappa shape index (κ2) is 7.48. The fourth-order valence-electron chi connectivity index (χ4n) is 2.06. The summed E-state index contributed by atoms with van der Waals surface area (Å²) in [5.41, 5.74) is 3.69. The average Bonchev–Trinajstić information content (AvgIpc) is 2.49. The summed E-state index contributed by atoms with van der Waals surface area (Å²) in [7, 11) is 0. The molecule has 2 rings (SSSR count). The van der Waals surface area contributed by atoms with Gasteiger partial charge in [-0.3, -0.25) is 4.79 Å². The van der Waals surface area contributed by atoms with Gasteiger partial charge in [-0.15, -0.1) is 0 Å². The molecule has 1 N–H and O–H groups in total. The van der Waals surface area contributed by atoms with Gasteiger partial charge in [-0.2, -0.15) is 0 Å². The third kappa shape index (κ3) is 4.95. The highest BCUT2D eigenvalue weighted by Crippen LogP contribution is 2.11. The van der Waals surface area contributed by atoms with Crippen molar-refractivity contribution in [2.45, 2.75) is 20.3 Å². The molecule has 0 aliphatic carbocycles. The molecule has 3 nitrogen and oxygen atoms in total. The Morgan fingerprint density at radius 1 is 1.05 bits per heavy atom. The van der Waals surface area contributed by atoms with E-state index in [9.17, 15) is 4.79 Å². The minimum Gasteiger partial charge on any atom is -0.484 e. The number of ether oxygens (including phenoxy) is 1. The van der Waals surface area contributed by atoms with Gasteiger partial charge in [0.1, 0.15) is 5.75 Å². The van der Waals surface area contributed by atoms with Crippen LogP contribution >= 0.6 is 0 Å². The van der Waals surface area contributed by atoms with Crippen LogP contribution in [-0.2, 0) is 11.2 Å². The Bertz CT molecular complexity index is 590. The van der Waals surface area contributed by atoms with Crippen molar-refractivity contribution in [2.75, 3.05) is 13.2 Å². The highest BCUT2D eigenvalue weighted by molar-refractivity contribution is 5.77. The van der Waals surface area contributed by atoms with Gasteiger partial charge < -0.3 is 10.1 Å². The topological polar surface area (TPSA) is 38.3 Å². The predicted octanol–water partition coefficient (Wildman–Crippen LogP) is 3.04. The van der Waals surface area contributed by atoms with E-state index < -0.39 is 0 Å². The number of aryl methyl sites for hydroxylation is 2. The Labute approximate surface area is 126 Å². The SMILES string of the molecule is Cc1ccc(OCC(=O)NCCc2ccccc2C)cc1. The number of benzene rings is 2. The molecule has 2 aromatic rings. The molecule has 0 aromatic heterocycles. The maximum absolute atomic E-state index is 11.7. The molecule has 0 fully saturated rings. The summed E-state index contributed by atoms with van der Waals surface area (Å²) in [5.74, 6) is 0.624. The van der Waals surface area contributed by atoms with Crippen LogP contribution in [-0.4, -0.2) is 19.1 Å². The lowest BCUT2D eigenvalue weighted by Gasteiger charge is -2.09. The van der Waals surface area contributed by atoms with Crippen LogP contribution in [0.1, 0.15) is 16.7 Å². The van der Waals surface area contributed by atoms with E-state index in [1.807, 2.05) is 43.3 Å². The molecule has 0 saturated carbocycles. The molecule has 0 bridgehead atoms. The number of carbonyl (C=O) groups excluding carboxylic acids is 1. The van der Waals surface area contributed by atoms with Crippen LogP contribution in [0.2, 0.25) is 0 Å². The van der Waals surface area contributed by atoms with Crippen LogP contribution in [0.3, 0.4) is 0 Å². The first kappa shape index (κ1) is 15.1. The van der Waals surface area contributed by atoms with Crippen LogP contribution in [0, 0.1) is 13.8 Å². The van der Waals surface area contributed by atoms with E-state index in [4.69, 9.17) is 4.74 Å². The molecule has 0 atom stereocenters. The van der Waals surface area contributed by atoms with E-state index in [0.717, 1.165) is 12.2 Å². The smallest absolute Gasteiger partial charge is 0.257 e. The van der Waals surface area contributed by atoms with Crippen molar-refractivity contribution < 1.29 is 9.53 Å². The molecule has 0 radical (unpaired) electrons. The van der Waals surface area contributed by atoms with Gasteiger partial charge in [0.2, 0.25) is 0 Å². The monoisotopic (exact) mass is 283 g/mol. The summed E-state index contributed by atoms with van der Waals surface area (Å²) in [5, 5.41) is 2.88. The molecule has 3 heteroatoms. The first-order valence-corrected chi connectivity index (χ1v) is 7.16. The zero-order chi connectivity index (χ0) is 15.1. The fraction of sp³-hybridized carbons (Fsp3) is 0.278. The number of nitrogens with one attached hydrogen (secondary N) is 1. The first-order chi connectivity index (χ1) is 10.1. The third-order valence-electron chi connectivity index (χ3n) is 3.37. The normalized spacial score (nSPS) is 10.2. The zero-order valence-electron chi connectivity index (χ0n) is 12.6. The lowest BCUT2D eigenvalue weighted by molar-refractivity contribution is -0.123. The maximum atomic E-state index is 11.7. The van der Waals surface area contributed by atoms with Gasteiger partial charge >= 0.3 is 0 Å². The Kier molecular flexibility index (Phi) is 5.38. The second-order valence-electron chi connectivity index (χ2n) is 5.13. The van der Waals surface area contributed by atoms with Gasteiger partial charge in [0, 0.05) is 6.54 Å². The molecule has 0 aliphatic rings. The van der Waals surface area contributed by atoms with E-state index in [1.54, 1.807) is 0 Å². The molecule has 0 unspecified atom stereocenters. The van der Waals surface area contributed by atoms with Crippen molar-refractivity contribution in [2.24, 2.45) is 0 Å². The lowest BCUT2D eigenvalue weighted by Crippen LogP contribution is -2.30. The van der Waals surface area contributed by atoms with Crippen molar-refractivity contribution in [3.8, 4) is 5.75 Å². The molecular weight excluding hydrogens is 262 g/mol. The molecule has 1 amide bonds. The minimum atomic E-state index is -0.0934. The van der Waals surface area contributed by atoms with Crippen molar-refractivity contribution in [3.05, 3.63) is 65.2 Å². The van der Waals surface area contributed by atoms with Crippen molar-refractivity contribution in [1.82, 2.24) is 5.32 Å². The highest BCUT2D eigenvalue weighted by Gasteiger charge is 2.03. The van der Waals surface area contributed by atoms with Crippen LogP contribution in [0.25, 0.3) is 0 Å². The summed E-state index contributed by atoms with van der Waals surface area (Å²) in [6.45, 7) is 4.78. The third-order valence-corrected chi connectivity index (χ3v) is 3.37. The Hall–Kier alpha value is -2.29. The maximum Gasteiger partial charge on any atom is 0.257 e. The lowest BCUT2D eigenvalue weighted by atomic mass is 10.1. The molecule has 0 spiro atoms. The largest absolute Gasteiger partial charge is 0.484 e. The summed E-state index contributed by atoms with van der Waals surface area (Å²) in [4.78, 5) is 11.7. The minimum absolute atomic E-state index is 0.0524.